The van der Waals surface area contributed by atoms with E-state index in [0.29, 0.717) is 27.7 Å². The molecule has 2 N–H and O–H groups in total. The van der Waals surface area contributed by atoms with Crippen LogP contribution in [0.3, 0.4) is 0 Å². The molecule has 1 atom stereocenters. The van der Waals surface area contributed by atoms with Crippen molar-refractivity contribution in [3.63, 3.8) is 0 Å². The molecule has 3 aromatic rings. The molecule has 1 unspecified atom stereocenters. The van der Waals surface area contributed by atoms with Crippen molar-refractivity contribution >= 4 is 40.7 Å². The molecule has 0 spiro atoms. The van der Waals surface area contributed by atoms with Gasteiger partial charge in [-0.2, -0.15) is 0 Å². The summed E-state index contributed by atoms with van der Waals surface area (Å²) in [6, 6.07) is 20.8. The lowest BCUT2D eigenvalue weighted by Gasteiger charge is -2.20. The molecule has 0 fully saturated rings. The van der Waals surface area contributed by atoms with Crippen LogP contribution in [0.5, 0.6) is 0 Å². The molecule has 0 aliphatic heterocycles. The Labute approximate surface area is 179 Å². The van der Waals surface area contributed by atoms with Crippen LogP contribution in [0, 0.1) is 6.92 Å². The zero-order valence-electron chi connectivity index (χ0n) is 15.8. The van der Waals surface area contributed by atoms with Crippen molar-refractivity contribution in [1.29, 1.82) is 0 Å². The van der Waals surface area contributed by atoms with Crippen molar-refractivity contribution in [1.82, 2.24) is 5.32 Å². The summed E-state index contributed by atoms with van der Waals surface area (Å²) >= 11 is 12.1. The maximum Gasteiger partial charge on any atom is 0.252 e. The zero-order valence-corrected chi connectivity index (χ0v) is 17.3. The van der Waals surface area contributed by atoms with Crippen molar-refractivity contribution in [3.8, 4) is 0 Å². The Morgan fingerprint density at radius 2 is 1.62 bits per heavy atom. The van der Waals surface area contributed by atoms with Gasteiger partial charge in [-0.3, -0.25) is 9.59 Å². The van der Waals surface area contributed by atoms with Crippen molar-refractivity contribution in [2.24, 2.45) is 0 Å². The van der Waals surface area contributed by atoms with Crippen LogP contribution < -0.4 is 10.6 Å². The minimum absolute atomic E-state index is 0.304. The third kappa shape index (κ3) is 5.59. The average Bonchev–Trinajstić information content (AvgIpc) is 2.70. The molecule has 0 saturated heterocycles. The highest BCUT2D eigenvalue weighted by Crippen LogP contribution is 2.25. The fraction of sp³-hybridized carbons (Fsp3) is 0.130. The van der Waals surface area contributed by atoms with Crippen molar-refractivity contribution in [2.75, 3.05) is 5.32 Å². The summed E-state index contributed by atoms with van der Waals surface area (Å²) in [4.78, 5) is 25.8. The second kappa shape index (κ2) is 9.59. The number of benzene rings is 3. The predicted molar refractivity (Wildman–Crippen MR) is 118 cm³/mol. The minimum atomic E-state index is -0.781. The van der Waals surface area contributed by atoms with Gasteiger partial charge < -0.3 is 10.6 Å². The summed E-state index contributed by atoms with van der Waals surface area (Å²) in [7, 11) is 0. The number of hydrogen-bond donors (Lipinski definition) is 2. The Hall–Kier alpha value is -2.82. The van der Waals surface area contributed by atoms with E-state index in [9.17, 15) is 9.59 Å². The molecule has 3 aromatic carbocycles. The number of halogens is 2. The molecule has 0 aliphatic carbocycles. The number of hydrogen-bond acceptors (Lipinski definition) is 2. The van der Waals surface area contributed by atoms with Gasteiger partial charge in [0, 0.05) is 17.0 Å². The van der Waals surface area contributed by atoms with Crippen LogP contribution in [0.15, 0.2) is 72.8 Å². The second-order valence-electron chi connectivity index (χ2n) is 6.64. The molecule has 2 amide bonds. The Bertz CT molecular complexity index is 1020. The van der Waals surface area contributed by atoms with Gasteiger partial charge in [0.2, 0.25) is 5.91 Å². The monoisotopic (exact) mass is 426 g/mol. The van der Waals surface area contributed by atoms with Crippen LogP contribution in [0.4, 0.5) is 5.69 Å². The van der Waals surface area contributed by atoms with Crippen LogP contribution in [-0.4, -0.2) is 17.9 Å². The largest absolute Gasteiger partial charge is 0.340 e. The highest BCUT2D eigenvalue weighted by molar-refractivity contribution is 6.36. The Morgan fingerprint density at radius 3 is 2.31 bits per heavy atom. The number of rotatable bonds is 6. The van der Waals surface area contributed by atoms with Crippen molar-refractivity contribution in [3.05, 3.63) is 99.5 Å². The van der Waals surface area contributed by atoms with E-state index in [-0.39, 0.29) is 11.8 Å². The first-order valence-corrected chi connectivity index (χ1v) is 9.86. The minimum Gasteiger partial charge on any atom is -0.340 e. The lowest BCUT2D eigenvalue weighted by Crippen LogP contribution is -2.45. The van der Waals surface area contributed by atoms with Crippen LogP contribution in [-0.2, 0) is 11.2 Å². The molecule has 0 heterocycles. The normalized spacial score (nSPS) is 11.6. The van der Waals surface area contributed by atoms with Crippen molar-refractivity contribution in [2.45, 2.75) is 19.4 Å². The number of anilines is 1. The maximum atomic E-state index is 13.0. The highest BCUT2D eigenvalue weighted by atomic mass is 35.5. The van der Waals surface area contributed by atoms with E-state index in [0.717, 1.165) is 11.1 Å². The van der Waals surface area contributed by atoms with E-state index >= 15 is 0 Å². The molecular formula is C23H20Cl2N2O2. The van der Waals surface area contributed by atoms with Gasteiger partial charge in [0.1, 0.15) is 6.04 Å². The number of aryl methyl sites for hydroxylation is 1. The average molecular weight is 427 g/mol. The number of carbonyl (C=O) groups is 2. The van der Waals surface area contributed by atoms with E-state index in [1.54, 1.807) is 30.3 Å². The van der Waals surface area contributed by atoms with E-state index < -0.39 is 6.04 Å². The molecule has 6 heteroatoms. The topological polar surface area (TPSA) is 58.2 Å². The standard InChI is InChI=1S/C23H20Cl2N2O2/c1-15-7-5-6-10-18(15)22(28)27-21(13-16-8-3-2-4-9-16)23(29)26-20-12-11-17(24)14-19(20)25/h2-12,14,21H,13H2,1H3,(H,26,29)(H,27,28). The lowest BCUT2D eigenvalue weighted by molar-refractivity contribution is -0.118. The first-order valence-electron chi connectivity index (χ1n) is 9.10. The molecule has 0 aliphatic rings. The van der Waals surface area contributed by atoms with E-state index in [4.69, 9.17) is 23.2 Å². The van der Waals surface area contributed by atoms with Gasteiger partial charge in [0.25, 0.3) is 5.91 Å². The van der Waals surface area contributed by atoms with Crippen LogP contribution in [0.25, 0.3) is 0 Å². The van der Waals surface area contributed by atoms with E-state index in [2.05, 4.69) is 10.6 Å². The molecule has 4 nitrogen and oxygen atoms in total. The summed E-state index contributed by atoms with van der Waals surface area (Å²) in [5, 5.41) is 6.44. The van der Waals surface area contributed by atoms with Crippen LogP contribution >= 0.6 is 23.2 Å². The summed E-state index contributed by atoms with van der Waals surface area (Å²) in [5.74, 6) is -0.665. The maximum absolute atomic E-state index is 13.0. The summed E-state index contributed by atoms with van der Waals surface area (Å²) in [6.07, 6.45) is 0.343. The molecule has 0 bridgehead atoms. The predicted octanol–water partition coefficient (Wildman–Crippen LogP) is 5.28. The number of carbonyl (C=O) groups excluding carboxylic acids is 2. The summed E-state index contributed by atoms with van der Waals surface area (Å²) in [5.41, 5.74) is 2.73. The Morgan fingerprint density at radius 1 is 0.931 bits per heavy atom. The van der Waals surface area contributed by atoms with Gasteiger partial charge in [-0.15, -0.1) is 0 Å². The molecule has 0 saturated carbocycles. The van der Waals surface area contributed by atoms with Gasteiger partial charge in [-0.1, -0.05) is 71.7 Å². The molecular weight excluding hydrogens is 407 g/mol. The third-order valence-electron chi connectivity index (χ3n) is 4.48. The van der Waals surface area contributed by atoms with Gasteiger partial charge in [0.05, 0.1) is 10.7 Å². The van der Waals surface area contributed by atoms with Crippen LogP contribution in [0.2, 0.25) is 10.0 Å². The number of amides is 2. The first-order chi connectivity index (χ1) is 13.9. The van der Waals surface area contributed by atoms with Crippen LogP contribution in [0.1, 0.15) is 21.5 Å². The Balaban J connectivity index is 1.83. The van der Waals surface area contributed by atoms with Gasteiger partial charge >= 0.3 is 0 Å². The fourth-order valence-corrected chi connectivity index (χ4v) is 3.39. The van der Waals surface area contributed by atoms with Gasteiger partial charge in [0.15, 0.2) is 0 Å². The first kappa shape index (κ1) is 20.9. The number of nitrogens with one attached hydrogen (secondary N) is 2. The smallest absolute Gasteiger partial charge is 0.252 e. The van der Waals surface area contributed by atoms with Crippen molar-refractivity contribution < 1.29 is 9.59 Å². The van der Waals surface area contributed by atoms with Gasteiger partial charge in [-0.25, -0.2) is 0 Å². The summed E-state index contributed by atoms with van der Waals surface area (Å²) < 4.78 is 0. The van der Waals surface area contributed by atoms with E-state index in [1.807, 2.05) is 49.4 Å². The van der Waals surface area contributed by atoms with Gasteiger partial charge in [-0.05, 0) is 42.3 Å². The highest BCUT2D eigenvalue weighted by Gasteiger charge is 2.23. The molecule has 148 valence electrons. The molecule has 3 rings (SSSR count). The molecule has 0 radical (unpaired) electrons. The SMILES string of the molecule is Cc1ccccc1C(=O)NC(Cc1ccccc1)C(=O)Nc1ccc(Cl)cc1Cl. The zero-order chi connectivity index (χ0) is 20.8. The second-order valence-corrected chi connectivity index (χ2v) is 7.49. The van der Waals surface area contributed by atoms with E-state index in [1.165, 1.54) is 0 Å². The quantitative estimate of drug-likeness (QED) is 0.562. The fourth-order valence-electron chi connectivity index (χ4n) is 2.93. The Kier molecular flexibility index (Phi) is 6.91. The lowest BCUT2D eigenvalue weighted by atomic mass is 10.0. The molecule has 0 aromatic heterocycles. The molecule has 29 heavy (non-hydrogen) atoms. The summed E-state index contributed by atoms with van der Waals surface area (Å²) in [6.45, 7) is 1.86. The third-order valence-corrected chi connectivity index (χ3v) is 5.03.